The number of amides is 1. The number of benzene rings is 2. The Bertz CT molecular complexity index is 648. The second-order valence-electron chi connectivity index (χ2n) is 4.36. The van der Waals surface area contributed by atoms with Gasteiger partial charge >= 0.3 is 0 Å². The topological polar surface area (TPSA) is 29.1 Å². The van der Waals surface area contributed by atoms with Gasteiger partial charge in [0.25, 0.3) is 0 Å². The first-order chi connectivity index (χ1) is 9.54. The van der Waals surface area contributed by atoms with Crippen LogP contribution in [0.2, 0.25) is 0 Å². The first-order valence-electron chi connectivity index (χ1n) is 6.05. The normalized spacial score (nSPS) is 10.8. The number of aryl methyl sites for hydroxylation is 1. The van der Waals surface area contributed by atoms with Crippen LogP contribution in [0, 0.1) is 6.92 Å². The van der Waals surface area contributed by atoms with Gasteiger partial charge in [0.1, 0.15) is 0 Å². The van der Waals surface area contributed by atoms with Gasteiger partial charge in [0.2, 0.25) is 5.91 Å². The molecule has 0 saturated carbocycles. The third-order valence-corrected chi connectivity index (χ3v) is 3.84. The molecule has 2 aromatic carbocycles. The van der Waals surface area contributed by atoms with Gasteiger partial charge in [-0.3, -0.25) is 4.79 Å². The summed E-state index contributed by atoms with van der Waals surface area (Å²) in [7, 11) is 0. The minimum atomic E-state index is -0.159. The summed E-state index contributed by atoms with van der Waals surface area (Å²) in [5.41, 5.74) is 2.94. The van der Waals surface area contributed by atoms with E-state index in [1.54, 1.807) is 6.08 Å². The number of halogens is 2. The van der Waals surface area contributed by atoms with Crippen molar-refractivity contribution in [3.63, 3.8) is 0 Å². The summed E-state index contributed by atoms with van der Waals surface area (Å²) < 4.78 is 1.79. The molecule has 0 aliphatic carbocycles. The van der Waals surface area contributed by atoms with E-state index in [1.807, 2.05) is 49.4 Å². The summed E-state index contributed by atoms with van der Waals surface area (Å²) in [6.45, 7) is 2.03. The van der Waals surface area contributed by atoms with Gasteiger partial charge in [-0.1, -0.05) is 45.8 Å². The van der Waals surface area contributed by atoms with Crippen molar-refractivity contribution >= 4 is 49.5 Å². The molecule has 0 heterocycles. The van der Waals surface area contributed by atoms with Gasteiger partial charge in [0.15, 0.2) is 0 Å². The van der Waals surface area contributed by atoms with Crippen LogP contribution in [0.5, 0.6) is 0 Å². The molecule has 4 heteroatoms. The molecular weight excluding hydrogens is 382 g/mol. The zero-order valence-corrected chi connectivity index (χ0v) is 14.0. The SMILES string of the molecule is Cc1ccc(C=CC(=O)Nc2ccc(Br)cc2Br)cc1. The number of hydrogen-bond acceptors (Lipinski definition) is 1. The summed E-state index contributed by atoms with van der Waals surface area (Å²) in [5.74, 6) is -0.159. The second-order valence-corrected chi connectivity index (χ2v) is 6.13. The molecule has 0 saturated heterocycles. The van der Waals surface area contributed by atoms with E-state index in [1.165, 1.54) is 11.6 Å². The minimum Gasteiger partial charge on any atom is -0.321 e. The van der Waals surface area contributed by atoms with Gasteiger partial charge in [-0.2, -0.15) is 0 Å². The van der Waals surface area contributed by atoms with E-state index >= 15 is 0 Å². The van der Waals surface area contributed by atoms with E-state index in [0.29, 0.717) is 0 Å². The highest BCUT2D eigenvalue weighted by molar-refractivity contribution is 9.11. The molecule has 2 rings (SSSR count). The van der Waals surface area contributed by atoms with Crippen molar-refractivity contribution in [1.82, 2.24) is 0 Å². The van der Waals surface area contributed by atoms with Crippen molar-refractivity contribution in [2.24, 2.45) is 0 Å². The molecule has 0 aliphatic heterocycles. The van der Waals surface area contributed by atoms with Gasteiger partial charge in [0, 0.05) is 15.0 Å². The molecule has 0 aromatic heterocycles. The number of carbonyl (C=O) groups excluding carboxylic acids is 1. The fourth-order valence-corrected chi connectivity index (χ4v) is 2.76. The Morgan fingerprint density at radius 1 is 1.10 bits per heavy atom. The zero-order chi connectivity index (χ0) is 14.5. The number of rotatable bonds is 3. The van der Waals surface area contributed by atoms with Gasteiger partial charge in [-0.05, 0) is 52.7 Å². The van der Waals surface area contributed by atoms with Crippen molar-refractivity contribution in [2.45, 2.75) is 6.92 Å². The smallest absolute Gasteiger partial charge is 0.248 e. The lowest BCUT2D eigenvalue weighted by molar-refractivity contribution is -0.111. The Morgan fingerprint density at radius 3 is 2.45 bits per heavy atom. The molecule has 2 nitrogen and oxygen atoms in total. The molecule has 0 aliphatic rings. The third kappa shape index (κ3) is 4.32. The number of anilines is 1. The minimum absolute atomic E-state index is 0.159. The highest BCUT2D eigenvalue weighted by Gasteiger charge is 2.03. The van der Waals surface area contributed by atoms with E-state index in [0.717, 1.165) is 20.2 Å². The van der Waals surface area contributed by atoms with Crippen molar-refractivity contribution in [3.8, 4) is 0 Å². The summed E-state index contributed by atoms with van der Waals surface area (Å²) in [5, 5.41) is 2.83. The molecule has 0 fully saturated rings. The maximum Gasteiger partial charge on any atom is 0.248 e. The molecule has 1 amide bonds. The number of nitrogens with one attached hydrogen (secondary N) is 1. The zero-order valence-electron chi connectivity index (χ0n) is 10.9. The standard InChI is InChI=1S/C16H13Br2NO/c1-11-2-4-12(5-3-11)6-9-16(20)19-15-8-7-13(17)10-14(15)18/h2-10H,1H3,(H,19,20). The lowest BCUT2D eigenvalue weighted by atomic mass is 10.1. The van der Waals surface area contributed by atoms with Crippen LogP contribution >= 0.6 is 31.9 Å². The average Bonchev–Trinajstić information content (AvgIpc) is 2.41. The Kier molecular flexibility index (Phi) is 5.15. The van der Waals surface area contributed by atoms with Crippen molar-refractivity contribution in [2.75, 3.05) is 5.32 Å². The van der Waals surface area contributed by atoms with Gasteiger partial charge in [-0.25, -0.2) is 0 Å². The number of hydrogen-bond donors (Lipinski definition) is 1. The molecule has 0 spiro atoms. The lowest BCUT2D eigenvalue weighted by Crippen LogP contribution is -2.08. The van der Waals surface area contributed by atoms with Crippen LogP contribution in [-0.4, -0.2) is 5.91 Å². The van der Waals surface area contributed by atoms with Crippen LogP contribution in [0.15, 0.2) is 57.5 Å². The van der Waals surface area contributed by atoms with E-state index in [4.69, 9.17) is 0 Å². The Morgan fingerprint density at radius 2 is 1.80 bits per heavy atom. The molecule has 102 valence electrons. The third-order valence-electron chi connectivity index (χ3n) is 2.69. The van der Waals surface area contributed by atoms with Crippen LogP contribution in [0.25, 0.3) is 6.08 Å². The van der Waals surface area contributed by atoms with Crippen molar-refractivity contribution < 1.29 is 4.79 Å². The fourth-order valence-electron chi connectivity index (χ4n) is 1.61. The van der Waals surface area contributed by atoms with Crippen LogP contribution in [0.3, 0.4) is 0 Å². The molecule has 0 unspecified atom stereocenters. The van der Waals surface area contributed by atoms with Crippen LogP contribution in [-0.2, 0) is 4.79 Å². The molecule has 1 N–H and O–H groups in total. The molecular formula is C16H13Br2NO. The highest BCUT2D eigenvalue weighted by atomic mass is 79.9. The molecule has 20 heavy (non-hydrogen) atoms. The Balaban J connectivity index is 2.03. The average molecular weight is 395 g/mol. The Labute approximate surface area is 135 Å². The first-order valence-corrected chi connectivity index (χ1v) is 7.64. The van der Waals surface area contributed by atoms with Crippen molar-refractivity contribution in [3.05, 3.63) is 68.6 Å². The summed E-state index contributed by atoms with van der Waals surface area (Å²) >= 11 is 6.78. The second kappa shape index (κ2) is 6.86. The van der Waals surface area contributed by atoms with Crippen molar-refractivity contribution in [1.29, 1.82) is 0 Å². The molecule has 0 bridgehead atoms. The molecule has 2 aromatic rings. The van der Waals surface area contributed by atoms with Crippen LogP contribution < -0.4 is 5.32 Å². The largest absolute Gasteiger partial charge is 0.321 e. The quantitative estimate of drug-likeness (QED) is 0.714. The van der Waals surface area contributed by atoms with E-state index in [9.17, 15) is 4.79 Å². The maximum absolute atomic E-state index is 11.9. The number of carbonyl (C=O) groups is 1. The van der Waals surface area contributed by atoms with Crippen LogP contribution in [0.4, 0.5) is 5.69 Å². The van der Waals surface area contributed by atoms with E-state index in [2.05, 4.69) is 37.2 Å². The highest BCUT2D eigenvalue weighted by Crippen LogP contribution is 2.26. The predicted molar refractivity (Wildman–Crippen MR) is 90.7 cm³/mol. The maximum atomic E-state index is 11.9. The van der Waals surface area contributed by atoms with E-state index < -0.39 is 0 Å². The summed E-state index contributed by atoms with van der Waals surface area (Å²) in [6, 6.07) is 13.6. The van der Waals surface area contributed by atoms with Gasteiger partial charge < -0.3 is 5.32 Å². The predicted octanol–water partition coefficient (Wildman–Crippen LogP) is 5.17. The van der Waals surface area contributed by atoms with Gasteiger partial charge in [0.05, 0.1) is 5.69 Å². The lowest BCUT2D eigenvalue weighted by Gasteiger charge is -2.05. The van der Waals surface area contributed by atoms with Gasteiger partial charge in [-0.15, -0.1) is 0 Å². The molecule has 0 atom stereocenters. The Hall–Kier alpha value is -1.39. The van der Waals surface area contributed by atoms with Crippen LogP contribution in [0.1, 0.15) is 11.1 Å². The van der Waals surface area contributed by atoms with E-state index in [-0.39, 0.29) is 5.91 Å². The summed E-state index contributed by atoms with van der Waals surface area (Å²) in [6.07, 6.45) is 3.32. The fraction of sp³-hybridized carbons (Fsp3) is 0.0625. The first kappa shape index (κ1) is 15.0. The molecule has 0 radical (unpaired) electrons. The monoisotopic (exact) mass is 393 g/mol. The summed E-state index contributed by atoms with van der Waals surface area (Å²) in [4.78, 5) is 11.9.